The number of nitrogens with zero attached hydrogens (tertiary/aromatic N) is 4. The summed E-state index contributed by atoms with van der Waals surface area (Å²) in [6.45, 7) is 0. The van der Waals surface area contributed by atoms with Crippen molar-refractivity contribution < 1.29 is 4.74 Å². The van der Waals surface area contributed by atoms with Crippen LogP contribution in [0.2, 0.25) is 5.02 Å². The summed E-state index contributed by atoms with van der Waals surface area (Å²) < 4.78 is 5.26. The Morgan fingerprint density at radius 3 is 2.58 bits per heavy atom. The number of halogens is 1. The molecular formula is C16H10ClN5OS. The SMILES string of the molecule is COc1cc(-c2nc(SC)nc3[nH]cc(C#N)c23)c(Cl)cc1C#N. The van der Waals surface area contributed by atoms with Crippen molar-refractivity contribution in [2.24, 2.45) is 0 Å². The minimum atomic E-state index is 0.330. The molecule has 0 saturated carbocycles. The van der Waals surface area contributed by atoms with Gasteiger partial charge in [-0.3, -0.25) is 0 Å². The number of nitrogens with one attached hydrogen (secondary N) is 1. The fourth-order valence-electron chi connectivity index (χ4n) is 2.38. The standard InChI is InChI=1S/C16H10ClN5OS/c1-23-12-4-10(11(17)3-8(12)5-18)14-13-9(6-19)7-20-15(13)22-16(21-14)24-2/h3-4,7H,1-2H3,(H,20,21,22). The van der Waals surface area contributed by atoms with Crippen molar-refractivity contribution in [1.29, 1.82) is 10.5 Å². The highest BCUT2D eigenvalue weighted by molar-refractivity contribution is 7.98. The molecule has 0 atom stereocenters. The van der Waals surface area contributed by atoms with E-state index in [-0.39, 0.29) is 0 Å². The number of aromatic amines is 1. The first kappa shape index (κ1) is 16.1. The second kappa shape index (κ2) is 6.40. The molecule has 6 nitrogen and oxygen atoms in total. The predicted molar refractivity (Wildman–Crippen MR) is 92.1 cm³/mol. The lowest BCUT2D eigenvalue weighted by Crippen LogP contribution is -1.96. The van der Waals surface area contributed by atoms with Crippen molar-refractivity contribution in [1.82, 2.24) is 15.0 Å². The van der Waals surface area contributed by atoms with Gasteiger partial charge in [-0.2, -0.15) is 10.5 Å². The van der Waals surface area contributed by atoms with E-state index in [1.165, 1.54) is 24.9 Å². The summed E-state index contributed by atoms with van der Waals surface area (Å²) in [7, 11) is 1.48. The highest BCUT2D eigenvalue weighted by Crippen LogP contribution is 2.37. The van der Waals surface area contributed by atoms with Gasteiger partial charge in [-0.05, 0) is 18.4 Å². The lowest BCUT2D eigenvalue weighted by molar-refractivity contribution is 0.413. The Labute approximate surface area is 147 Å². The van der Waals surface area contributed by atoms with E-state index < -0.39 is 0 Å². The molecule has 1 N–H and O–H groups in total. The van der Waals surface area contributed by atoms with Crippen LogP contribution in [-0.2, 0) is 0 Å². The average molecular weight is 356 g/mol. The smallest absolute Gasteiger partial charge is 0.189 e. The first-order chi connectivity index (χ1) is 11.6. The van der Waals surface area contributed by atoms with E-state index in [1.807, 2.05) is 12.3 Å². The second-order valence-corrected chi connectivity index (χ2v) is 5.92. The van der Waals surface area contributed by atoms with Crippen LogP contribution in [0.15, 0.2) is 23.5 Å². The van der Waals surface area contributed by atoms with E-state index in [1.54, 1.807) is 12.3 Å². The molecule has 118 valence electrons. The monoisotopic (exact) mass is 355 g/mol. The van der Waals surface area contributed by atoms with Gasteiger partial charge in [0.05, 0.1) is 34.3 Å². The van der Waals surface area contributed by atoms with Crippen LogP contribution in [0.25, 0.3) is 22.3 Å². The Morgan fingerprint density at radius 2 is 1.96 bits per heavy atom. The summed E-state index contributed by atoms with van der Waals surface area (Å²) in [5.41, 5.74) is 2.41. The molecule has 3 aromatic rings. The minimum Gasteiger partial charge on any atom is -0.495 e. The molecule has 0 aliphatic heterocycles. The van der Waals surface area contributed by atoms with Crippen LogP contribution in [0.1, 0.15) is 11.1 Å². The summed E-state index contributed by atoms with van der Waals surface area (Å²) in [4.78, 5) is 11.9. The Hall–Kier alpha value is -2.74. The number of fused-ring (bicyclic) bond motifs is 1. The molecule has 0 fully saturated rings. The second-order valence-electron chi connectivity index (χ2n) is 4.74. The van der Waals surface area contributed by atoms with E-state index in [2.05, 4.69) is 21.0 Å². The van der Waals surface area contributed by atoms with E-state index >= 15 is 0 Å². The zero-order valence-electron chi connectivity index (χ0n) is 12.7. The Morgan fingerprint density at radius 1 is 1.21 bits per heavy atom. The Balaban J connectivity index is 2.40. The van der Waals surface area contributed by atoms with E-state index in [0.29, 0.717) is 49.3 Å². The van der Waals surface area contributed by atoms with E-state index in [4.69, 9.17) is 16.3 Å². The Bertz CT molecular complexity index is 1030. The number of ether oxygens (including phenoxy) is 1. The molecule has 0 amide bonds. The molecule has 3 rings (SSSR count). The minimum absolute atomic E-state index is 0.330. The van der Waals surface area contributed by atoms with E-state index in [0.717, 1.165) is 0 Å². The molecule has 2 aromatic heterocycles. The third-order valence-corrected chi connectivity index (χ3v) is 4.34. The van der Waals surface area contributed by atoms with Gasteiger partial charge >= 0.3 is 0 Å². The van der Waals surface area contributed by atoms with Crippen molar-refractivity contribution in [2.45, 2.75) is 5.16 Å². The van der Waals surface area contributed by atoms with Crippen molar-refractivity contribution >= 4 is 34.4 Å². The highest BCUT2D eigenvalue weighted by Gasteiger charge is 2.19. The molecule has 0 bridgehead atoms. The maximum atomic E-state index is 9.34. The summed E-state index contributed by atoms with van der Waals surface area (Å²) in [5.74, 6) is 0.392. The lowest BCUT2D eigenvalue weighted by atomic mass is 10.0. The zero-order valence-corrected chi connectivity index (χ0v) is 14.3. The van der Waals surface area contributed by atoms with Gasteiger partial charge in [0, 0.05) is 11.8 Å². The van der Waals surface area contributed by atoms with Crippen molar-refractivity contribution in [3.8, 4) is 29.1 Å². The van der Waals surface area contributed by atoms with E-state index in [9.17, 15) is 10.5 Å². The van der Waals surface area contributed by atoms with Gasteiger partial charge in [0.25, 0.3) is 0 Å². The normalized spacial score (nSPS) is 10.4. The molecule has 8 heteroatoms. The first-order valence-electron chi connectivity index (χ1n) is 6.74. The summed E-state index contributed by atoms with van der Waals surface area (Å²) in [5, 5.41) is 20.0. The van der Waals surface area contributed by atoms with Gasteiger partial charge in [0.15, 0.2) is 5.16 Å². The van der Waals surface area contributed by atoms with Gasteiger partial charge in [0.2, 0.25) is 0 Å². The summed E-state index contributed by atoms with van der Waals surface area (Å²) in [6, 6.07) is 7.34. The third kappa shape index (κ3) is 2.54. The molecule has 24 heavy (non-hydrogen) atoms. The quantitative estimate of drug-likeness (QED) is 0.567. The fraction of sp³-hybridized carbons (Fsp3) is 0.125. The number of hydrogen-bond acceptors (Lipinski definition) is 6. The number of thioether (sulfide) groups is 1. The first-order valence-corrected chi connectivity index (χ1v) is 8.34. The van der Waals surface area contributed by atoms with Gasteiger partial charge in [-0.15, -0.1) is 0 Å². The van der Waals surface area contributed by atoms with Crippen LogP contribution < -0.4 is 4.74 Å². The Kier molecular flexibility index (Phi) is 4.30. The summed E-state index contributed by atoms with van der Waals surface area (Å²) >= 11 is 7.74. The van der Waals surface area contributed by atoms with Crippen LogP contribution in [0, 0.1) is 22.7 Å². The van der Waals surface area contributed by atoms with Gasteiger partial charge in [0.1, 0.15) is 23.5 Å². The molecule has 2 heterocycles. The number of benzene rings is 1. The van der Waals surface area contributed by atoms with Crippen LogP contribution in [0.3, 0.4) is 0 Å². The number of hydrogen-bond donors (Lipinski definition) is 1. The average Bonchev–Trinajstić information content (AvgIpc) is 3.03. The van der Waals surface area contributed by atoms with Gasteiger partial charge in [-0.1, -0.05) is 23.4 Å². The molecule has 0 saturated heterocycles. The number of methoxy groups -OCH3 is 1. The number of nitriles is 2. The molecule has 0 spiro atoms. The van der Waals surface area contributed by atoms with Crippen molar-refractivity contribution in [3.05, 3.63) is 34.5 Å². The molecule has 0 unspecified atom stereocenters. The molecule has 0 radical (unpaired) electrons. The number of H-pyrrole nitrogens is 1. The topological polar surface area (TPSA) is 98.4 Å². The third-order valence-electron chi connectivity index (χ3n) is 3.48. The van der Waals surface area contributed by atoms with Gasteiger partial charge in [-0.25, -0.2) is 9.97 Å². The highest BCUT2D eigenvalue weighted by atomic mass is 35.5. The maximum Gasteiger partial charge on any atom is 0.189 e. The van der Waals surface area contributed by atoms with Crippen LogP contribution in [-0.4, -0.2) is 28.3 Å². The van der Waals surface area contributed by atoms with Crippen molar-refractivity contribution in [3.63, 3.8) is 0 Å². The molecule has 0 aliphatic carbocycles. The number of rotatable bonds is 3. The summed E-state index contributed by atoms with van der Waals surface area (Å²) in [6.07, 6.45) is 3.45. The maximum absolute atomic E-state index is 9.34. The van der Waals surface area contributed by atoms with Crippen LogP contribution in [0.5, 0.6) is 5.75 Å². The molecule has 1 aromatic carbocycles. The lowest BCUT2D eigenvalue weighted by Gasteiger charge is -2.10. The molecular weight excluding hydrogens is 346 g/mol. The molecule has 0 aliphatic rings. The van der Waals surface area contributed by atoms with Crippen molar-refractivity contribution in [2.75, 3.05) is 13.4 Å². The zero-order chi connectivity index (χ0) is 17.3. The predicted octanol–water partition coefficient (Wildman–Crippen LogP) is 3.75. The van der Waals surface area contributed by atoms with Crippen LogP contribution in [0.4, 0.5) is 0 Å². The fourth-order valence-corrected chi connectivity index (χ4v) is 3.00. The van der Waals surface area contributed by atoms with Crippen LogP contribution >= 0.6 is 23.4 Å². The number of aromatic nitrogens is 3. The largest absolute Gasteiger partial charge is 0.495 e. The van der Waals surface area contributed by atoms with Gasteiger partial charge < -0.3 is 9.72 Å².